The van der Waals surface area contributed by atoms with Crippen molar-refractivity contribution in [1.29, 1.82) is 0 Å². The molecule has 7 nitrogen and oxygen atoms in total. The first kappa shape index (κ1) is 17.6. The average Bonchev–Trinajstić information content (AvgIpc) is 3.02. The van der Waals surface area contributed by atoms with Crippen LogP contribution in [0.5, 0.6) is 5.75 Å². The number of aryl methyl sites for hydroxylation is 2. The van der Waals surface area contributed by atoms with Crippen molar-refractivity contribution in [3.05, 3.63) is 58.9 Å². The van der Waals surface area contributed by atoms with Crippen LogP contribution in [0.3, 0.4) is 0 Å². The Morgan fingerprint density at radius 2 is 1.92 bits per heavy atom. The highest BCUT2D eigenvalue weighted by atomic mass is 16.5. The highest BCUT2D eigenvalue weighted by Crippen LogP contribution is 2.36. The second-order valence-electron chi connectivity index (χ2n) is 6.06. The second-order valence-corrected chi connectivity index (χ2v) is 6.06. The highest BCUT2D eigenvalue weighted by molar-refractivity contribution is 5.96. The van der Waals surface area contributed by atoms with Gasteiger partial charge in [-0.2, -0.15) is 5.01 Å². The van der Waals surface area contributed by atoms with Crippen molar-refractivity contribution >= 4 is 17.8 Å². The standard InChI is InChI=1S/C19H19N3O4/c1-11-5-8-17(25-14(4)24)16(9-11)19-22(13(3)23)21-18(26-19)15-7-6-12(2)20-10-15/h5-10,19H,1-4H3/t19-/m0/s1. The number of hydrogen-bond donors (Lipinski definition) is 0. The maximum absolute atomic E-state index is 12.1. The lowest BCUT2D eigenvalue weighted by atomic mass is 10.1. The van der Waals surface area contributed by atoms with Gasteiger partial charge < -0.3 is 9.47 Å². The van der Waals surface area contributed by atoms with Crippen LogP contribution in [0, 0.1) is 13.8 Å². The molecule has 0 saturated heterocycles. The van der Waals surface area contributed by atoms with Gasteiger partial charge in [-0.05, 0) is 38.1 Å². The SMILES string of the molecule is CC(=O)Oc1ccc(C)cc1[C@@H]1OC(c2ccc(C)nc2)=NN1C(C)=O. The number of hydrogen-bond acceptors (Lipinski definition) is 6. The Morgan fingerprint density at radius 1 is 1.15 bits per heavy atom. The number of benzene rings is 1. The van der Waals surface area contributed by atoms with Crippen LogP contribution in [0.25, 0.3) is 0 Å². The fourth-order valence-corrected chi connectivity index (χ4v) is 2.59. The predicted molar refractivity (Wildman–Crippen MR) is 94.3 cm³/mol. The molecule has 2 heterocycles. The maximum atomic E-state index is 12.1. The van der Waals surface area contributed by atoms with E-state index >= 15 is 0 Å². The molecule has 0 spiro atoms. The van der Waals surface area contributed by atoms with Gasteiger partial charge in [-0.1, -0.05) is 11.6 Å². The minimum atomic E-state index is -0.821. The number of amides is 1. The summed E-state index contributed by atoms with van der Waals surface area (Å²) in [6.07, 6.45) is 0.816. The molecule has 0 unspecified atom stereocenters. The van der Waals surface area contributed by atoms with Crippen molar-refractivity contribution < 1.29 is 19.1 Å². The van der Waals surface area contributed by atoms with Crippen molar-refractivity contribution in [2.24, 2.45) is 5.10 Å². The van der Waals surface area contributed by atoms with Crippen molar-refractivity contribution in [2.45, 2.75) is 33.9 Å². The molecule has 7 heteroatoms. The van der Waals surface area contributed by atoms with Gasteiger partial charge in [-0.25, -0.2) is 0 Å². The molecule has 0 aliphatic carbocycles. The zero-order valence-corrected chi connectivity index (χ0v) is 15.0. The molecule has 26 heavy (non-hydrogen) atoms. The third-order valence-electron chi connectivity index (χ3n) is 3.81. The molecular formula is C19H19N3O4. The number of rotatable bonds is 3. The van der Waals surface area contributed by atoms with E-state index in [-0.39, 0.29) is 11.8 Å². The number of esters is 1. The van der Waals surface area contributed by atoms with Crippen LogP contribution in [0.2, 0.25) is 0 Å². The summed E-state index contributed by atoms with van der Waals surface area (Å²) < 4.78 is 11.2. The number of hydrazone groups is 1. The number of pyridine rings is 1. The minimum Gasteiger partial charge on any atom is -0.445 e. The molecule has 134 valence electrons. The number of carbonyl (C=O) groups is 2. The lowest BCUT2D eigenvalue weighted by Gasteiger charge is -2.21. The fraction of sp³-hybridized carbons (Fsp3) is 0.263. The molecule has 1 aliphatic heterocycles. The molecule has 1 aromatic heterocycles. The van der Waals surface area contributed by atoms with Crippen molar-refractivity contribution in [3.8, 4) is 5.75 Å². The van der Waals surface area contributed by atoms with E-state index < -0.39 is 12.2 Å². The Morgan fingerprint density at radius 3 is 2.54 bits per heavy atom. The number of nitrogens with zero attached hydrogens (tertiary/aromatic N) is 3. The molecule has 0 radical (unpaired) electrons. The summed E-state index contributed by atoms with van der Waals surface area (Å²) in [5.74, 6) is -0.127. The van der Waals surface area contributed by atoms with Gasteiger partial charge >= 0.3 is 5.97 Å². The van der Waals surface area contributed by atoms with Gasteiger partial charge in [0.05, 0.1) is 11.1 Å². The summed E-state index contributed by atoms with van der Waals surface area (Å²) in [6, 6.07) is 8.97. The van der Waals surface area contributed by atoms with Crippen LogP contribution >= 0.6 is 0 Å². The summed E-state index contributed by atoms with van der Waals surface area (Å²) in [5.41, 5.74) is 3.01. The van der Waals surface area contributed by atoms with E-state index in [0.29, 0.717) is 16.9 Å². The van der Waals surface area contributed by atoms with Gasteiger partial charge in [0.2, 0.25) is 18.0 Å². The molecular weight excluding hydrogens is 334 g/mol. The first-order valence-corrected chi connectivity index (χ1v) is 8.12. The molecule has 3 rings (SSSR count). The van der Waals surface area contributed by atoms with Crippen LogP contribution in [0.1, 0.15) is 42.5 Å². The molecule has 1 aliphatic rings. The quantitative estimate of drug-likeness (QED) is 0.626. The molecule has 1 atom stereocenters. The topological polar surface area (TPSA) is 81.1 Å². The first-order chi connectivity index (χ1) is 12.3. The summed E-state index contributed by atoms with van der Waals surface area (Å²) in [6.45, 7) is 6.50. The van der Waals surface area contributed by atoms with Crippen molar-refractivity contribution in [1.82, 2.24) is 9.99 Å². The average molecular weight is 353 g/mol. The number of aromatic nitrogens is 1. The Kier molecular flexibility index (Phi) is 4.71. The van der Waals surface area contributed by atoms with Gasteiger partial charge in [0.1, 0.15) is 5.75 Å². The molecule has 0 saturated carbocycles. The van der Waals surface area contributed by atoms with E-state index in [1.807, 2.05) is 38.1 Å². The van der Waals surface area contributed by atoms with E-state index in [4.69, 9.17) is 9.47 Å². The largest absolute Gasteiger partial charge is 0.445 e. The Balaban J connectivity index is 2.00. The van der Waals surface area contributed by atoms with Crippen molar-refractivity contribution in [3.63, 3.8) is 0 Å². The zero-order valence-electron chi connectivity index (χ0n) is 15.0. The normalized spacial score (nSPS) is 16.1. The minimum absolute atomic E-state index is 0.285. The smallest absolute Gasteiger partial charge is 0.308 e. The summed E-state index contributed by atoms with van der Waals surface area (Å²) in [4.78, 5) is 27.7. The van der Waals surface area contributed by atoms with Crippen LogP contribution in [-0.2, 0) is 14.3 Å². The highest BCUT2D eigenvalue weighted by Gasteiger charge is 2.35. The monoisotopic (exact) mass is 353 g/mol. The van der Waals surface area contributed by atoms with Crippen LogP contribution in [-0.4, -0.2) is 27.8 Å². The third kappa shape index (κ3) is 3.56. The van der Waals surface area contributed by atoms with E-state index in [2.05, 4.69) is 10.1 Å². The Bertz CT molecular complexity index is 890. The van der Waals surface area contributed by atoms with Gasteiger partial charge in [-0.3, -0.25) is 14.6 Å². The van der Waals surface area contributed by atoms with Gasteiger partial charge in [0.15, 0.2) is 0 Å². The van der Waals surface area contributed by atoms with Crippen LogP contribution < -0.4 is 4.74 Å². The van der Waals surface area contributed by atoms with Gasteiger partial charge in [-0.15, -0.1) is 5.10 Å². The maximum Gasteiger partial charge on any atom is 0.308 e. The Hall–Kier alpha value is -3.22. The number of ether oxygens (including phenoxy) is 2. The number of carbonyl (C=O) groups excluding carboxylic acids is 2. The van der Waals surface area contributed by atoms with Gasteiger partial charge in [0, 0.05) is 25.7 Å². The summed E-state index contributed by atoms with van der Waals surface area (Å²) in [5, 5.41) is 5.53. The summed E-state index contributed by atoms with van der Waals surface area (Å²) >= 11 is 0. The van der Waals surface area contributed by atoms with E-state index in [9.17, 15) is 9.59 Å². The predicted octanol–water partition coefficient (Wildman–Crippen LogP) is 2.86. The van der Waals surface area contributed by atoms with E-state index in [0.717, 1.165) is 11.3 Å². The molecule has 1 aromatic carbocycles. The molecule has 0 N–H and O–H groups in total. The molecule has 2 aromatic rings. The van der Waals surface area contributed by atoms with Crippen LogP contribution in [0.15, 0.2) is 41.6 Å². The van der Waals surface area contributed by atoms with Gasteiger partial charge in [0.25, 0.3) is 0 Å². The molecule has 1 amide bonds. The van der Waals surface area contributed by atoms with Crippen LogP contribution in [0.4, 0.5) is 0 Å². The zero-order chi connectivity index (χ0) is 18.8. The third-order valence-corrected chi connectivity index (χ3v) is 3.81. The lowest BCUT2D eigenvalue weighted by Crippen LogP contribution is -2.26. The molecule has 0 fully saturated rings. The van der Waals surface area contributed by atoms with Crippen molar-refractivity contribution in [2.75, 3.05) is 0 Å². The first-order valence-electron chi connectivity index (χ1n) is 8.12. The Labute approximate surface area is 151 Å². The fourth-order valence-electron chi connectivity index (χ4n) is 2.59. The molecule has 0 bridgehead atoms. The van der Waals surface area contributed by atoms with E-state index in [1.54, 1.807) is 12.3 Å². The summed E-state index contributed by atoms with van der Waals surface area (Å²) in [7, 11) is 0. The lowest BCUT2D eigenvalue weighted by molar-refractivity contribution is -0.135. The van der Waals surface area contributed by atoms with E-state index in [1.165, 1.54) is 18.9 Å². The second kappa shape index (κ2) is 6.95.